The van der Waals surface area contributed by atoms with Crippen LogP contribution >= 0.6 is 0 Å². The van der Waals surface area contributed by atoms with E-state index in [1.54, 1.807) is 6.42 Å². The van der Waals surface area contributed by atoms with E-state index in [1.165, 1.54) is 12.8 Å². The summed E-state index contributed by atoms with van der Waals surface area (Å²) in [6, 6.07) is 0. The molecule has 0 amide bonds. The molecule has 0 aromatic heterocycles. The third-order valence-corrected chi connectivity index (χ3v) is 3.56. The van der Waals surface area contributed by atoms with Crippen molar-refractivity contribution in [3.8, 4) is 0 Å². The summed E-state index contributed by atoms with van der Waals surface area (Å²) in [4.78, 5) is 0. The third-order valence-electron chi connectivity index (χ3n) is 3.56. The minimum absolute atomic E-state index is 1.06. The first-order valence-corrected chi connectivity index (χ1v) is 4.27. The highest BCUT2D eigenvalue weighted by Gasteiger charge is 2.41. The molecule has 0 saturated heterocycles. The summed E-state index contributed by atoms with van der Waals surface area (Å²) in [6.07, 6.45) is 4.62. The van der Waals surface area contributed by atoms with Gasteiger partial charge in [0.15, 0.2) is 0 Å². The van der Waals surface area contributed by atoms with Crippen LogP contribution in [0.3, 0.4) is 0 Å². The van der Waals surface area contributed by atoms with Crippen molar-refractivity contribution >= 4 is 0 Å². The van der Waals surface area contributed by atoms with E-state index in [0.29, 0.717) is 0 Å². The van der Waals surface area contributed by atoms with Crippen LogP contribution in [-0.4, -0.2) is 0 Å². The molecule has 0 heteroatoms. The van der Waals surface area contributed by atoms with E-state index in [1.807, 2.05) is 0 Å². The van der Waals surface area contributed by atoms with Gasteiger partial charge in [-0.2, -0.15) is 0 Å². The summed E-state index contributed by atoms with van der Waals surface area (Å²) in [6.45, 7) is 4.85. The molecule has 0 aliphatic heterocycles. The number of hydrogen-bond acceptors (Lipinski definition) is 0. The van der Waals surface area contributed by atoms with Gasteiger partial charge in [0.25, 0.3) is 0 Å². The van der Waals surface area contributed by atoms with Crippen LogP contribution in [0.5, 0.6) is 0 Å². The molecule has 0 aromatic rings. The summed E-state index contributed by atoms with van der Waals surface area (Å²) < 4.78 is 0. The lowest BCUT2D eigenvalue weighted by atomic mass is 9.84. The molecular weight excluding hydrogens is 108 g/mol. The van der Waals surface area contributed by atoms with Crippen LogP contribution in [0.4, 0.5) is 0 Å². The molecule has 2 aliphatic carbocycles. The van der Waals surface area contributed by atoms with Crippen LogP contribution < -0.4 is 0 Å². The zero-order valence-corrected chi connectivity index (χ0v) is 6.43. The molecule has 2 fully saturated rings. The Kier molecular flexibility index (Phi) is 1.12. The molecule has 2 saturated carbocycles. The lowest BCUT2D eigenvalue weighted by Crippen LogP contribution is -2.12. The topological polar surface area (TPSA) is 0 Å². The van der Waals surface area contributed by atoms with Crippen LogP contribution in [0.2, 0.25) is 0 Å². The van der Waals surface area contributed by atoms with Crippen molar-refractivity contribution in [1.82, 2.24) is 0 Å². The largest absolute Gasteiger partial charge is 0.0622 e. The predicted octanol–water partition coefficient (Wildman–Crippen LogP) is 2.69. The summed E-state index contributed by atoms with van der Waals surface area (Å²) in [5.74, 6) is 4.35. The van der Waals surface area contributed by atoms with Gasteiger partial charge >= 0.3 is 0 Å². The van der Waals surface area contributed by atoms with Crippen molar-refractivity contribution in [3.05, 3.63) is 0 Å². The van der Waals surface area contributed by atoms with E-state index in [2.05, 4.69) is 13.8 Å². The monoisotopic (exact) mass is 124 g/mol. The van der Waals surface area contributed by atoms with Gasteiger partial charge < -0.3 is 0 Å². The Hall–Kier alpha value is 0. The van der Waals surface area contributed by atoms with Gasteiger partial charge in [-0.3, -0.25) is 0 Å². The molecule has 0 aromatic carbocycles. The lowest BCUT2D eigenvalue weighted by Gasteiger charge is -2.21. The minimum atomic E-state index is 1.06. The molecule has 2 aliphatic rings. The zero-order valence-electron chi connectivity index (χ0n) is 6.43. The third kappa shape index (κ3) is 0.720. The molecule has 0 N–H and O–H groups in total. The van der Waals surface area contributed by atoms with Gasteiger partial charge in [0, 0.05) is 0 Å². The summed E-state index contributed by atoms with van der Waals surface area (Å²) in [5.41, 5.74) is 0. The summed E-state index contributed by atoms with van der Waals surface area (Å²) in [5, 5.41) is 0. The average molecular weight is 124 g/mol. The molecule has 2 unspecified atom stereocenters. The minimum Gasteiger partial charge on any atom is -0.0622 e. The SMILES string of the molecule is C[C@@H]1CC2CC1C[C@H]2C. The maximum Gasteiger partial charge on any atom is -0.0383 e. The van der Waals surface area contributed by atoms with Crippen LogP contribution in [-0.2, 0) is 0 Å². The number of hydrogen-bond donors (Lipinski definition) is 0. The molecule has 2 bridgehead atoms. The second kappa shape index (κ2) is 1.74. The molecule has 2 rings (SSSR count). The fourth-order valence-corrected chi connectivity index (χ4v) is 2.85. The van der Waals surface area contributed by atoms with Gasteiger partial charge in [-0.25, -0.2) is 0 Å². The molecular formula is C9H16. The molecule has 0 radical (unpaired) electrons. The number of fused-ring (bicyclic) bond motifs is 2. The molecule has 9 heavy (non-hydrogen) atoms. The molecule has 0 spiro atoms. The van der Waals surface area contributed by atoms with Crippen molar-refractivity contribution in [2.45, 2.75) is 33.1 Å². The second-order valence-corrected chi connectivity index (χ2v) is 4.18. The first kappa shape index (κ1) is 5.76. The smallest absolute Gasteiger partial charge is 0.0383 e. The van der Waals surface area contributed by atoms with Gasteiger partial charge in [-0.1, -0.05) is 13.8 Å². The second-order valence-electron chi connectivity index (χ2n) is 4.18. The highest BCUT2D eigenvalue weighted by Crippen LogP contribution is 2.51. The van der Waals surface area contributed by atoms with E-state index >= 15 is 0 Å². The fourth-order valence-electron chi connectivity index (χ4n) is 2.85. The van der Waals surface area contributed by atoms with Crippen molar-refractivity contribution in [3.63, 3.8) is 0 Å². The molecule has 4 atom stereocenters. The van der Waals surface area contributed by atoms with Crippen LogP contribution in [0, 0.1) is 23.7 Å². The highest BCUT2D eigenvalue weighted by atomic mass is 14.5. The quantitative estimate of drug-likeness (QED) is 0.465. The summed E-state index contributed by atoms with van der Waals surface area (Å²) in [7, 11) is 0. The Labute approximate surface area is 57.6 Å². The zero-order chi connectivity index (χ0) is 6.43. The van der Waals surface area contributed by atoms with Crippen molar-refractivity contribution in [1.29, 1.82) is 0 Å². The van der Waals surface area contributed by atoms with Crippen LogP contribution in [0.15, 0.2) is 0 Å². The number of rotatable bonds is 0. The first-order valence-electron chi connectivity index (χ1n) is 4.27. The fraction of sp³-hybridized carbons (Fsp3) is 1.00. The Morgan fingerprint density at radius 1 is 0.778 bits per heavy atom. The Morgan fingerprint density at radius 2 is 1.22 bits per heavy atom. The van der Waals surface area contributed by atoms with E-state index < -0.39 is 0 Å². The van der Waals surface area contributed by atoms with Crippen LogP contribution in [0.1, 0.15) is 33.1 Å². The summed E-state index contributed by atoms with van der Waals surface area (Å²) >= 11 is 0. The normalized spacial score (nSPS) is 56.7. The highest BCUT2D eigenvalue weighted by molar-refractivity contribution is 4.91. The van der Waals surface area contributed by atoms with Gasteiger partial charge in [0.2, 0.25) is 0 Å². The molecule has 52 valence electrons. The predicted molar refractivity (Wildman–Crippen MR) is 39.2 cm³/mol. The van der Waals surface area contributed by atoms with Crippen LogP contribution in [0.25, 0.3) is 0 Å². The van der Waals surface area contributed by atoms with Gasteiger partial charge in [-0.15, -0.1) is 0 Å². The Morgan fingerprint density at radius 3 is 1.44 bits per heavy atom. The van der Waals surface area contributed by atoms with Crippen molar-refractivity contribution in [2.24, 2.45) is 23.7 Å². The van der Waals surface area contributed by atoms with Gasteiger partial charge in [-0.05, 0) is 42.9 Å². The van der Waals surface area contributed by atoms with Crippen molar-refractivity contribution in [2.75, 3.05) is 0 Å². The lowest BCUT2D eigenvalue weighted by molar-refractivity contribution is 0.288. The first-order chi connectivity index (χ1) is 4.27. The Balaban J connectivity index is 2.10. The van der Waals surface area contributed by atoms with Gasteiger partial charge in [0.1, 0.15) is 0 Å². The van der Waals surface area contributed by atoms with Crippen molar-refractivity contribution < 1.29 is 0 Å². The maximum atomic E-state index is 2.43. The van der Waals surface area contributed by atoms with E-state index in [4.69, 9.17) is 0 Å². The molecule has 0 nitrogen and oxygen atoms in total. The van der Waals surface area contributed by atoms with E-state index in [-0.39, 0.29) is 0 Å². The van der Waals surface area contributed by atoms with Gasteiger partial charge in [0.05, 0.1) is 0 Å². The molecule has 0 heterocycles. The Bertz CT molecular complexity index is 99.2. The van der Waals surface area contributed by atoms with E-state index in [0.717, 1.165) is 23.7 Å². The maximum absolute atomic E-state index is 2.43. The standard InChI is InChI=1S/C9H16/c1-6-3-9-5-8(6)4-7(9)2/h6-9H,3-5H2,1-2H3/t6-,7-,8?,9?/m1/s1. The average Bonchev–Trinajstić information content (AvgIpc) is 2.24. The van der Waals surface area contributed by atoms with E-state index in [9.17, 15) is 0 Å².